The van der Waals surface area contributed by atoms with Crippen molar-refractivity contribution in [3.05, 3.63) is 41.5 Å². The van der Waals surface area contributed by atoms with E-state index in [0.29, 0.717) is 30.3 Å². The Morgan fingerprint density at radius 1 is 1.19 bits per heavy atom. The van der Waals surface area contributed by atoms with Crippen LogP contribution in [0.2, 0.25) is 0 Å². The summed E-state index contributed by atoms with van der Waals surface area (Å²) < 4.78 is 5.04. The van der Waals surface area contributed by atoms with Gasteiger partial charge in [0.05, 0.1) is 0 Å². The van der Waals surface area contributed by atoms with Crippen LogP contribution < -0.4 is 10.1 Å². The van der Waals surface area contributed by atoms with Gasteiger partial charge in [-0.2, -0.15) is 0 Å². The standard InChI is InChI=1S/C21H28N2O4/c1-14(2)15(3)12-20(25)22-18-8-10-23(11-9-18)21(26)17-6-5-7-19(13-17)27-16(4)24/h5-7,12-14,18H,8-11H2,1-4H3,(H,22,25)/b15-12+. The summed E-state index contributed by atoms with van der Waals surface area (Å²) in [6.07, 6.45) is 3.09. The largest absolute Gasteiger partial charge is 0.427 e. The van der Waals surface area contributed by atoms with Crippen molar-refractivity contribution < 1.29 is 19.1 Å². The summed E-state index contributed by atoms with van der Waals surface area (Å²) in [5, 5.41) is 3.02. The lowest BCUT2D eigenvalue weighted by molar-refractivity contribution is -0.131. The first kappa shape index (κ1) is 20.7. The molecule has 0 spiro atoms. The van der Waals surface area contributed by atoms with Gasteiger partial charge in [0.2, 0.25) is 5.91 Å². The average Bonchev–Trinajstić information content (AvgIpc) is 2.61. The molecule has 0 aliphatic carbocycles. The molecular formula is C21H28N2O4. The van der Waals surface area contributed by atoms with Crippen molar-refractivity contribution >= 4 is 17.8 Å². The Morgan fingerprint density at radius 3 is 2.44 bits per heavy atom. The van der Waals surface area contributed by atoms with E-state index in [4.69, 9.17) is 4.74 Å². The van der Waals surface area contributed by atoms with Gasteiger partial charge in [-0.05, 0) is 43.9 Å². The van der Waals surface area contributed by atoms with E-state index >= 15 is 0 Å². The second-order valence-corrected chi connectivity index (χ2v) is 7.24. The van der Waals surface area contributed by atoms with Crippen molar-refractivity contribution in [1.29, 1.82) is 0 Å². The molecule has 27 heavy (non-hydrogen) atoms. The number of carbonyl (C=O) groups excluding carboxylic acids is 3. The molecule has 6 heteroatoms. The number of esters is 1. The maximum atomic E-state index is 12.7. The lowest BCUT2D eigenvalue weighted by Crippen LogP contribution is -2.46. The van der Waals surface area contributed by atoms with Gasteiger partial charge in [0.25, 0.3) is 5.91 Å². The molecule has 0 aromatic heterocycles. The lowest BCUT2D eigenvalue weighted by Gasteiger charge is -2.32. The predicted molar refractivity (Wildman–Crippen MR) is 103 cm³/mol. The smallest absolute Gasteiger partial charge is 0.308 e. The first-order chi connectivity index (χ1) is 12.8. The van der Waals surface area contributed by atoms with Crippen LogP contribution in [0.4, 0.5) is 0 Å². The van der Waals surface area contributed by atoms with E-state index in [1.54, 1.807) is 35.2 Å². The van der Waals surface area contributed by atoms with Crippen LogP contribution in [-0.4, -0.2) is 41.8 Å². The van der Waals surface area contributed by atoms with Gasteiger partial charge in [-0.1, -0.05) is 25.5 Å². The molecule has 1 aliphatic rings. The summed E-state index contributed by atoms with van der Waals surface area (Å²) in [6.45, 7) is 8.54. The molecule has 1 aliphatic heterocycles. The number of nitrogens with zero attached hydrogens (tertiary/aromatic N) is 1. The maximum Gasteiger partial charge on any atom is 0.308 e. The molecular weight excluding hydrogens is 344 g/mol. The van der Waals surface area contributed by atoms with E-state index in [1.807, 2.05) is 6.92 Å². The fourth-order valence-electron chi connectivity index (χ4n) is 2.88. The third-order valence-corrected chi connectivity index (χ3v) is 4.74. The predicted octanol–water partition coefficient (Wildman–Crippen LogP) is 2.94. The van der Waals surface area contributed by atoms with E-state index in [2.05, 4.69) is 19.2 Å². The molecule has 0 atom stereocenters. The SMILES string of the molecule is CC(=O)Oc1cccc(C(=O)N2CCC(NC(=O)/C=C(\C)C(C)C)CC2)c1. The van der Waals surface area contributed by atoms with E-state index in [-0.39, 0.29) is 17.9 Å². The number of benzene rings is 1. The van der Waals surface area contributed by atoms with Crippen molar-refractivity contribution in [3.8, 4) is 5.75 Å². The highest BCUT2D eigenvalue weighted by Crippen LogP contribution is 2.18. The summed E-state index contributed by atoms with van der Waals surface area (Å²) in [7, 11) is 0. The number of carbonyl (C=O) groups is 3. The zero-order valence-electron chi connectivity index (χ0n) is 16.5. The minimum absolute atomic E-state index is 0.0694. The molecule has 0 bridgehead atoms. The van der Waals surface area contributed by atoms with Crippen LogP contribution in [0.3, 0.4) is 0 Å². The fraction of sp³-hybridized carbons (Fsp3) is 0.476. The Kier molecular flexibility index (Phi) is 7.16. The second-order valence-electron chi connectivity index (χ2n) is 7.24. The lowest BCUT2D eigenvalue weighted by atomic mass is 10.0. The molecule has 1 N–H and O–H groups in total. The van der Waals surface area contributed by atoms with Crippen molar-refractivity contribution in [2.24, 2.45) is 5.92 Å². The quantitative estimate of drug-likeness (QED) is 0.490. The van der Waals surface area contributed by atoms with Crippen LogP contribution in [0.25, 0.3) is 0 Å². The highest BCUT2D eigenvalue weighted by molar-refractivity contribution is 5.95. The summed E-state index contributed by atoms with van der Waals surface area (Å²) in [5.74, 6) is 0.128. The molecule has 146 valence electrons. The normalized spacial score (nSPS) is 15.6. The molecule has 1 aromatic carbocycles. The zero-order valence-corrected chi connectivity index (χ0v) is 16.5. The first-order valence-electron chi connectivity index (χ1n) is 9.32. The van der Waals surface area contributed by atoms with Gasteiger partial charge in [-0.15, -0.1) is 0 Å². The number of hydrogen-bond donors (Lipinski definition) is 1. The van der Waals surface area contributed by atoms with Gasteiger partial charge in [0.1, 0.15) is 5.75 Å². The van der Waals surface area contributed by atoms with E-state index in [9.17, 15) is 14.4 Å². The third-order valence-electron chi connectivity index (χ3n) is 4.74. The van der Waals surface area contributed by atoms with Crippen LogP contribution >= 0.6 is 0 Å². The van der Waals surface area contributed by atoms with Crippen molar-refractivity contribution in [2.75, 3.05) is 13.1 Å². The summed E-state index contributed by atoms with van der Waals surface area (Å²) in [6, 6.07) is 6.71. The number of rotatable bonds is 5. The Morgan fingerprint density at radius 2 is 1.85 bits per heavy atom. The molecule has 0 saturated carbocycles. The fourth-order valence-corrected chi connectivity index (χ4v) is 2.88. The first-order valence-corrected chi connectivity index (χ1v) is 9.32. The molecule has 0 radical (unpaired) electrons. The second kappa shape index (κ2) is 9.35. The van der Waals surface area contributed by atoms with Crippen molar-refractivity contribution in [1.82, 2.24) is 10.2 Å². The molecule has 1 saturated heterocycles. The number of piperidine rings is 1. The molecule has 1 aromatic rings. The maximum absolute atomic E-state index is 12.7. The number of amides is 2. The Hall–Kier alpha value is -2.63. The number of allylic oxidation sites excluding steroid dienone is 1. The van der Waals surface area contributed by atoms with Crippen molar-refractivity contribution in [3.63, 3.8) is 0 Å². The summed E-state index contributed by atoms with van der Waals surface area (Å²) in [4.78, 5) is 37.6. The summed E-state index contributed by atoms with van der Waals surface area (Å²) >= 11 is 0. The zero-order chi connectivity index (χ0) is 20.0. The molecule has 0 unspecified atom stereocenters. The highest BCUT2D eigenvalue weighted by Gasteiger charge is 2.24. The number of nitrogens with one attached hydrogen (secondary N) is 1. The topological polar surface area (TPSA) is 75.7 Å². The minimum atomic E-state index is -0.419. The van der Waals surface area contributed by atoms with E-state index in [1.165, 1.54) is 6.92 Å². The highest BCUT2D eigenvalue weighted by atomic mass is 16.5. The van der Waals surface area contributed by atoms with Crippen LogP contribution in [0.5, 0.6) is 5.75 Å². The van der Waals surface area contributed by atoms with Gasteiger partial charge >= 0.3 is 5.97 Å². The number of hydrogen-bond acceptors (Lipinski definition) is 4. The molecule has 2 amide bonds. The molecule has 2 rings (SSSR count). The van der Waals surface area contributed by atoms with Crippen LogP contribution in [0.15, 0.2) is 35.9 Å². The van der Waals surface area contributed by atoms with Gasteiger partial charge in [-0.3, -0.25) is 14.4 Å². The number of ether oxygens (including phenoxy) is 1. The number of likely N-dealkylation sites (tertiary alicyclic amines) is 1. The van der Waals surface area contributed by atoms with E-state index in [0.717, 1.165) is 18.4 Å². The molecule has 1 fully saturated rings. The molecule has 6 nitrogen and oxygen atoms in total. The monoisotopic (exact) mass is 372 g/mol. The van der Waals surface area contributed by atoms with Gasteiger partial charge in [-0.25, -0.2) is 0 Å². The van der Waals surface area contributed by atoms with Gasteiger partial charge in [0.15, 0.2) is 0 Å². The van der Waals surface area contributed by atoms with Crippen LogP contribution in [-0.2, 0) is 9.59 Å². The van der Waals surface area contributed by atoms with Crippen molar-refractivity contribution in [2.45, 2.75) is 46.6 Å². The minimum Gasteiger partial charge on any atom is -0.427 e. The van der Waals surface area contributed by atoms with Gasteiger partial charge < -0.3 is 15.0 Å². The summed E-state index contributed by atoms with van der Waals surface area (Å²) in [5.41, 5.74) is 1.54. The Labute approximate surface area is 160 Å². The molecule has 1 heterocycles. The van der Waals surface area contributed by atoms with Crippen LogP contribution in [0.1, 0.15) is 50.9 Å². The average molecular weight is 372 g/mol. The van der Waals surface area contributed by atoms with E-state index < -0.39 is 5.97 Å². The third kappa shape index (κ3) is 6.24. The Balaban J connectivity index is 1.90. The van der Waals surface area contributed by atoms with Gasteiger partial charge in [0, 0.05) is 37.7 Å². The Bertz CT molecular complexity index is 731. The van der Waals surface area contributed by atoms with Crippen LogP contribution in [0, 0.1) is 5.92 Å².